The van der Waals surface area contributed by atoms with E-state index in [1.165, 1.54) is 0 Å². The Bertz CT molecular complexity index is 1430. The van der Waals surface area contributed by atoms with Gasteiger partial charge in [0.25, 0.3) is 0 Å². The van der Waals surface area contributed by atoms with Crippen molar-refractivity contribution < 1.29 is 14.2 Å². The third-order valence-corrected chi connectivity index (χ3v) is 6.65. The fourth-order valence-electron chi connectivity index (χ4n) is 4.79. The van der Waals surface area contributed by atoms with Gasteiger partial charge in [0, 0.05) is 30.3 Å². The maximum atomic E-state index is 12.7. The third kappa shape index (κ3) is 4.75. The minimum absolute atomic E-state index is 0.0699. The van der Waals surface area contributed by atoms with Crippen molar-refractivity contribution in [2.45, 2.75) is 38.5 Å². The van der Waals surface area contributed by atoms with E-state index in [0.717, 1.165) is 65.4 Å². The van der Waals surface area contributed by atoms with Gasteiger partial charge in [-0.05, 0) is 55.2 Å². The van der Waals surface area contributed by atoms with Gasteiger partial charge in [-0.15, -0.1) is 0 Å². The predicted octanol–water partition coefficient (Wildman–Crippen LogP) is 4.67. The molecule has 182 valence electrons. The standard InChI is InChI=1S/C29H27N3O4/c33-29-31-28(36-19-24-9-5-15-34-24)17-27-25-12-11-23(16-21(25)13-14-32(27)29)35-18-22-8-4-10-26(30-22)20-6-2-1-3-7-20/h1-4,6-8,10-12,16-17,24H,5,9,13-15,18-19H2. The smallest absolute Gasteiger partial charge is 0.351 e. The van der Waals surface area contributed by atoms with Crippen LogP contribution in [0.1, 0.15) is 24.1 Å². The van der Waals surface area contributed by atoms with E-state index in [1.54, 1.807) is 4.57 Å². The molecule has 1 unspecified atom stereocenters. The van der Waals surface area contributed by atoms with Crippen LogP contribution in [0.3, 0.4) is 0 Å². The second kappa shape index (κ2) is 9.95. The molecule has 1 fully saturated rings. The number of aryl methyl sites for hydroxylation is 1. The summed E-state index contributed by atoms with van der Waals surface area (Å²) in [6, 6.07) is 23.9. The molecule has 4 aromatic rings. The highest BCUT2D eigenvalue weighted by molar-refractivity contribution is 5.67. The highest BCUT2D eigenvalue weighted by atomic mass is 16.5. The first-order valence-electron chi connectivity index (χ1n) is 12.4. The Morgan fingerprint density at radius 2 is 1.89 bits per heavy atom. The first-order valence-corrected chi connectivity index (χ1v) is 12.4. The average molecular weight is 482 g/mol. The van der Waals surface area contributed by atoms with Crippen LogP contribution in [0.5, 0.6) is 11.6 Å². The summed E-state index contributed by atoms with van der Waals surface area (Å²) in [5, 5.41) is 0. The minimum Gasteiger partial charge on any atom is -0.487 e. The molecular weight excluding hydrogens is 454 g/mol. The number of aromatic nitrogens is 3. The largest absolute Gasteiger partial charge is 0.487 e. The third-order valence-electron chi connectivity index (χ3n) is 6.65. The molecule has 2 aliphatic heterocycles. The van der Waals surface area contributed by atoms with Crippen LogP contribution in [0.25, 0.3) is 22.5 Å². The molecule has 2 aromatic heterocycles. The average Bonchev–Trinajstić information content (AvgIpc) is 3.45. The Morgan fingerprint density at radius 3 is 2.75 bits per heavy atom. The monoisotopic (exact) mass is 481 g/mol. The molecule has 0 saturated carbocycles. The van der Waals surface area contributed by atoms with Crippen molar-refractivity contribution in [3.8, 4) is 34.1 Å². The Kier molecular flexibility index (Phi) is 6.22. The Morgan fingerprint density at radius 1 is 0.972 bits per heavy atom. The van der Waals surface area contributed by atoms with Gasteiger partial charge in [0.15, 0.2) is 0 Å². The zero-order valence-corrected chi connectivity index (χ0v) is 19.9. The van der Waals surface area contributed by atoms with E-state index in [4.69, 9.17) is 19.2 Å². The van der Waals surface area contributed by atoms with Crippen molar-refractivity contribution in [1.82, 2.24) is 14.5 Å². The molecule has 0 bridgehead atoms. The fourth-order valence-corrected chi connectivity index (χ4v) is 4.79. The van der Waals surface area contributed by atoms with Crippen molar-refractivity contribution in [2.24, 2.45) is 0 Å². The topological polar surface area (TPSA) is 75.5 Å². The lowest BCUT2D eigenvalue weighted by Crippen LogP contribution is -2.29. The summed E-state index contributed by atoms with van der Waals surface area (Å²) in [4.78, 5) is 21.5. The van der Waals surface area contributed by atoms with E-state index in [2.05, 4.69) is 11.1 Å². The molecule has 7 heteroatoms. The molecule has 1 atom stereocenters. The normalized spacial score (nSPS) is 16.3. The molecule has 0 radical (unpaired) electrons. The van der Waals surface area contributed by atoms with Crippen LogP contribution in [-0.2, 0) is 24.3 Å². The van der Waals surface area contributed by atoms with E-state index in [0.29, 0.717) is 25.6 Å². The maximum Gasteiger partial charge on any atom is 0.351 e. The van der Waals surface area contributed by atoms with E-state index >= 15 is 0 Å². The molecule has 36 heavy (non-hydrogen) atoms. The lowest BCUT2D eigenvalue weighted by atomic mass is 9.97. The van der Waals surface area contributed by atoms with Crippen LogP contribution < -0.4 is 15.2 Å². The number of fused-ring (bicyclic) bond motifs is 3. The second-order valence-corrected chi connectivity index (χ2v) is 9.10. The number of hydrogen-bond acceptors (Lipinski definition) is 6. The number of pyridine rings is 1. The van der Waals surface area contributed by atoms with E-state index in [-0.39, 0.29) is 11.8 Å². The molecule has 0 amide bonds. The molecule has 0 aliphatic carbocycles. The molecule has 6 rings (SSSR count). The summed E-state index contributed by atoms with van der Waals surface area (Å²) < 4.78 is 19.2. The van der Waals surface area contributed by atoms with E-state index in [9.17, 15) is 4.79 Å². The molecule has 0 spiro atoms. The minimum atomic E-state index is -0.287. The van der Waals surface area contributed by atoms with Gasteiger partial charge in [-0.1, -0.05) is 36.4 Å². The van der Waals surface area contributed by atoms with Gasteiger partial charge < -0.3 is 14.2 Å². The van der Waals surface area contributed by atoms with Gasteiger partial charge in [0.1, 0.15) is 19.0 Å². The first kappa shape index (κ1) is 22.5. The van der Waals surface area contributed by atoms with Crippen LogP contribution in [0.15, 0.2) is 77.6 Å². The molecule has 0 N–H and O–H groups in total. The van der Waals surface area contributed by atoms with Crippen LogP contribution in [0.4, 0.5) is 0 Å². The summed E-state index contributed by atoms with van der Waals surface area (Å²) in [5.74, 6) is 1.12. The van der Waals surface area contributed by atoms with Crippen molar-refractivity contribution in [3.63, 3.8) is 0 Å². The van der Waals surface area contributed by atoms with Crippen molar-refractivity contribution in [3.05, 3.63) is 94.5 Å². The Labute approximate surface area is 209 Å². The Balaban J connectivity index is 1.18. The molecular formula is C29H27N3O4. The van der Waals surface area contributed by atoms with Crippen LogP contribution in [-0.4, -0.2) is 33.9 Å². The number of nitrogens with zero attached hydrogens (tertiary/aromatic N) is 3. The Hall–Kier alpha value is -3.97. The highest BCUT2D eigenvalue weighted by Gasteiger charge is 2.21. The van der Waals surface area contributed by atoms with Gasteiger partial charge in [0.2, 0.25) is 5.88 Å². The van der Waals surface area contributed by atoms with Gasteiger partial charge in [-0.2, -0.15) is 4.98 Å². The van der Waals surface area contributed by atoms with E-state index in [1.807, 2.05) is 66.7 Å². The van der Waals surface area contributed by atoms with Crippen molar-refractivity contribution >= 4 is 0 Å². The van der Waals surface area contributed by atoms with Gasteiger partial charge in [-0.25, -0.2) is 9.78 Å². The van der Waals surface area contributed by atoms with Gasteiger partial charge in [-0.3, -0.25) is 4.57 Å². The number of benzene rings is 2. The fraction of sp³-hybridized carbons (Fsp3) is 0.276. The number of ether oxygens (including phenoxy) is 3. The molecule has 4 heterocycles. The van der Waals surface area contributed by atoms with Crippen molar-refractivity contribution in [2.75, 3.05) is 13.2 Å². The summed E-state index contributed by atoms with van der Waals surface area (Å²) in [6.07, 6.45) is 2.82. The lowest BCUT2D eigenvalue weighted by molar-refractivity contribution is 0.0661. The zero-order valence-electron chi connectivity index (χ0n) is 19.9. The van der Waals surface area contributed by atoms with E-state index < -0.39 is 0 Å². The zero-order chi connectivity index (χ0) is 24.3. The van der Waals surface area contributed by atoms with Crippen molar-refractivity contribution in [1.29, 1.82) is 0 Å². The molecule has 2 aromatic carbocycles. The van der Waals surface area contributed by atoms with Crippen LogP contribution >= 0.6 is 0 Å². The van der Waals surface area contributed by atoms with Crippen LogP contribution in [0, 0.1) is 0 Å². The number of rotatable bonds is 7. The van der Waals surface area contributed by atoms with Gasteiger partial charge >= 0.3 is 5.69 Å². The first-order chi connectivity index (χ1) is 17.7. The highest BCUT2D eigenvalue weighted by Crippen LogP contribution is 2.32. The molecule has 1 saturated heterocycles. The summed E-state index contributed by atoms with van der Waals surface area (Å²) in [5.41, 5.74) is 5.54. The second-order valence-electron chi connectivity index (χ2n) is 9.10. The SMILES string of the molecule is O=c1nc(OCC2CCCO2)cc2n1CCc1cc(OCc3cccc(-c4ccccc4)n3)ccc1-2. The summed E-state index contributed by atoms with van der Waals surface area (Å²) in [7, 11) is 0. The quantitative estimate of drug-likeness (QED) is 0.382. The lowest BCUT2D eigenvalue weighted by Gasteiger charge is -2.22. The molecule has 7 nitrogen and oxygen atoms in total. The maximum absolute atomic E-state index is 12.7. The summed E-state index contributed by atoms with van der Waals surface area (Å²) in [6.45, 7) is 2.13. The predicted molar refractivity (Wildman–Crippen MR) is 136 cm³/mol. The van der Waals surface area contributed by atoms with Crippen LogP contribution in [0.2, 0.25) is 0 Å². The number of hydrogen-bond donors (Lipinski definition) is 0. The molecule has 2 aliphatic rings. The summed E-state index contributed by atoms with van der Waals surface area (Å²) >= 11 is 0. The van der Waals surface area contributed by atoms with Gasteiger partial charge in [0.05, 0.1) is 23.2 Å².